The Morgan fingerprint density at radius 2 is 1.94 bits per heavy atom. The number of nitrogens with zero attached hydrogens (tertiary/aromatic N) is 2. The number of likely N-dealkylation sites (tertiary alicyclic amines) is 1. The summed E-state index contributed by atoms with van der Waals surface area (Å²) in [7, 11) is 0. The standard InChI is InChI=1S/C27H27F2N3O3/c28-20-15-23(32(16-20)25(33)11-10-24-30-12-13-35-24)27(34)31-26(18-4-2-1-3-5-18)19-8-9-21(17-6-7-17)22(29)14-19/h1-5,8-9,12-14,17,20,23,26H,6-7,10-11,15-16H2,(H,31,34). The predicted molar refractivity (Wildman–Crippen MR) is 125 cm³/mol. The molecular formula is C27H27F2N3O3. The highest BCUT2D eigenvalue weighted by molar-refractivity contribution is 5.89. The van der Waals surface area contributed by atoms with E-state index in [1.54, 1.807) is 6.07 Å². The van der Waals surface area contributed by atoms with Gasteiger partial charge in [0.15, 0.2) is 5.89 Å². The summed E-state index contributed by atoms with van der Waals surface area (Å²) >= 11 is 0. The maximum atomic E-state index is 14.8. The highest BCUT2D eigenvalue weighted by Gasteiger charge is 2.40. The number of amides is 2. The second-order valence-electron chi connectivity index (χ2n) is 9.23. The summed E-state index contributed by atoms with van der Waals surface area (Å²) in [4.78, 5) is 31.5. The van der Waals surface area contributed by atoms with E-state index in [1.807, 2.05) is 36.4 Å². The van der Waals surface area contributed by atoms with Crippen LogP contribution in [-0.2, 0) is 16.0 Å². The monoisotopic (exact) mass is 479 g/mol. The number of benzene rings is 2. The van der Waals surface area contributed by atoms with Gasteiger partial charge in [0, 0.05) is 19.3 Å². The molecule has 1 N–H and O–H groups in total. The highest BCUT2D eigenvalue weighted by atomic mass is 19.1. The summed E-state index contributed by atoms with van der Waals surface area (Å²) in [5.74, 6) is -0.399. The molecular weight excluding hydrogens is 452 g/mol. The molecule has 2 amide bonds. The Bertz CT molecular complexity index is 1180. The van der Waals surface area contributed by atoms with Crippen molar-refractivity contribution in [1.29, 1.82) is 0 Å². The van der Waals surface area contributed by atoms with Crippen LogP contribution >= 0.6 is 0 Å². The number of rotatable bonds is 8. The average molecular weight is 480 g/mol. The fourth-order valence-corrected chi connectivity index (χ4v) is 4.73. The van der Waals surface area contributed by atoms with Gasteiger partial charge in [0.1, 0.15) is 24.3 Å². The van der Waals surface area contributed by atoms with Crippen LogP contribution in [0.3, 0.4) is 0 Å². The van der Waals surface area contributed by atoms with Crippen molar-refractivity contribution in [2.24, 2.45) is 0 Å². The van der Waals surface area contributed by atoms with E-state index in [0.29, 0.717) is 17.0 Å². The van der Waals surface area contributed by atoms with Gasteiger partial charge in [-0.1, -0.05) is 42.5 Å². The van der Waals surface area contributed by atoms with Gasteiger partial charge in [0.2, 0.25) is 11.8 Å². The number of hydrogen-bond acceptors (Lipinski definition) is 4. The Balaban J connectivity index is 1.35. The van der Waals surface area contributed by atoms with Crippen LogP contribution in [0.5, 0.6) is 0 Å². The minimum atomic E-state index is -1.29. The van der Waals surface area contributed by atoms with E-state index in [-0.39, 0.29) is 43.4 Å². The molecule has 3 atom stereocenters. The van der Waals surface area contributed by atoms with E-state index < -0.39 is 24.2 Å². The summed E-state index contributed by atoms with van der Waals surface area (Å²) in [6.07, 6.45) is 3.86. The zero-order valence-electron chi connectivity index (χ0n) is 19.2. The zero-order chi connectivity index (χ0) is 24.4. The molecule has 1 aliphatic carbocycles. The Labute approximate surface area is 202 Å². The van der Waals surface area contributed by atoms with Crippen molar-refractivity contribution in [1.82, 2.24) is 15.2 Å². The lowest BCUT2D eigenvalue weighted by Crippen LogP contribution is -2.47. The van der Waals surface area contributed by atoms with Gasteiger partial charge >= 0.3 is 0 Å². The Morgan fingerprint density at radius 1 is 1.14 bits per heavy atom. The van der Waals surface area contributed by atoms with E-state index in [0.717, 1.165) is 18.4 Å². The number of carbonyl (C=O) groups is 2. The molecule has 0 radical (unpaired) electrons. The number of oxazole rings is 1. The molecule has 8 heteroatoms. The van der Waals surface area contributed by atoms with Gasteiger partial charge in [0.05, 0.1) is 18.8 Å². The zero-order valence-corrected chi connectivity index (χ0v) is 19.2. The molecule has 0 bridgehead atoms. The van der Waals surface area contributed by atoms with Gasteiger partial charge in [-0.05, 0) is 41.5 Å². The molecule has 1 saturated carbocycles. The van der Waals surface area contributed by atoms with Crippen molar-refractivity contribution in [2.75, 3.05) is 6.54 Å². The van der Waals surface area contributed by atoms with Crippen LogP contribution in [0.1, 0.15) is 60.2 Å². The number of alkyl halides is 1. The van der Waals surface area contributed by atoms with Gasteiger partial charge in [-0.2, -0.15) is 0 Å². The van der Waals surface area contributed by atoms with Crippen LogP contribution in [0.15, 0.2) is 65.4 Å². The molecule has 2 fully saturated rings. The number of halogens is 2. The first-order valence-electron chi connectivity index (χ1n) is 12.0. The van der Waals surface area contributed by atoms with Crippen LogP contribution in [0.4, 0.5) is 8.78 Å². The van der Waals surface area contributed by atoms with Gasteiger partial charge in [0.25, 0.3) is 0 Å². The summed E-state index contributed by atoms with van der Waals surface area (Å²) < 4.78 is 34.4. The Morgan fingerprint density at radius 3 is 2.63 bits per heavy atom. The Hall–Kier alpha value is -3.55. The number of aromatic nitrogens is 1. The molecule has 1 aromatic heterocycles. The largest absolute Gasteiger partial charge is 0.449 e. The van der Waals surface area contributed by atoms with Gasteiger partial charge in [-0.25, -0.2) is 13.8 Å². The highest BCUT2D eigenvalue weighted by Crippen LogP contribution is 2.42. The molecule has 1 saturated heterocycles. The van der Waals surface area contributed by atoms with Crippen LogP contribution in [0.25, 0.3) is 0 Å². The quantitative estimate of drug-likeness (QED) is 0.517. The second-order valence-corrected chi connectivity index (χ2v) is 9.23. The first kappa shape index (κ1) is 23.2. The molecule has 1 aliphatic heterocycles. The van der Waals surface area contributed by atoms with Crippen molar-refractivity contribution in [3.8, 4) is 0 Å². The van der Waals surface area contributed by atoms with Crippen LogP contribution in [0, 0.1) is 5.82 Å². The minimum absolute atomic E-state index is 0.0625. The molecule has 5 rings (SSSR count). The third kappa shape index (κ3) is 5.26. The van der Waals surface area contributed by atoms with Crippen molar-refractivity contribution < 1.29 is 22.8 Å². The molecule has 3 unspecified atom stereocenters. The summed E-state index contributed by atoms with van der Waals surface area (Å²) in [6.45, 7) is -0.136. The lowest BCUT2D eigenvalue weighted by atomic mass is 9.96. The van der Waals surface area contributed by atoms with E-state index >= 15 is 0 Å². The lowest BCUT2D eigenvalue weighted by Gasteiger charge is -2.27. The van der Waals surface area contributed by atoms with Crippen LogP contribution < -0.4 is 5.32 Å². The van der Waals surface area contributed by atoms with E-state index in [9.17, 15) is 18.4 Å². The molecule has 6 nitrogen and oxygen atoms in total. The van der Waals surface area contributed by atoms with E-state index in [4.69, 9.17) is 4.42 Å². The SMILES string of the molecule is O=C(NC(c1ccccc1)c1ccc(C2CC2)c(F)c1)C1CC(F)CN1C(=O)CCc1ncco1. The van der Waals surface area contributed by atoms with Crippen molar-refractivity contribution in [3.63, 3.8) is 0 Å². The first-order chi connectivity index (χ1) is 17.0. The maximum Gasteiger partial charge on any atom is 0.243 e. The molecule has 2 aromatic carbocycles. The van der Waals surface area contributed by atoms with Crippen molar-refractivity contribution in [3.05, 3.63) is 89.4 Å². The van der Waals surface area contributed by atoms with Crippen molar-refractivity contribution in [2.45, 2.75) is 56.3 Å². The predicted octanol–water partition coefficient (Wildman–Crippen LogP) is 4.47. The third-order valence-corrected chi connectivity index (χ3v) is 6.70. The summed E-state index contributed by atoms with van der Waals surface area (Å²) in [5.41, 5.74) is 2.07. The molecule has 182 valence electrons. The fourth-order valence-electron chi connectivity index (χ4n) is 4.73. The fraction of sp³-hybridized carbons (Fsp3) is 0.370. The van der Waals surface area contributed by atoms with Gasteiger partial charge in [-0.15, -0.1) is 0 Å². The summed E-state index contributed by atoms with van der Waals surface area (Å²) in [6, 6.07) is 12.8. The minimum Gasteiger partial charge on any atom is -0.449 e. The van der Waals surface area contributed by atoms with Gasteiger partial charge in [-0.3, -0.25) is 9.59 Å². The third-order valence-electron chi connectivity index (χ3n) is 6.70. The topological polar surface area (TPSA) is 75.4 Å². The Kier molecular flexibility index (Phi) is 6.61. The molecule has 35 heavy (non-hydrogen) atoms. The molecule has 2 aliphatic rings. The van der Waals surface area contributed by atoms with Crippen molar-refractivity contribution >= 4 is 11.8 Å². The smallest absolute Gasteiger partial charge is 0.243 e. The van der Waals surface area contributed by atoms with E-state index in [2.05, 4.69) is 10.3 Å². The van der Waals surface area contributed by atoms with E-state index in [1.165, 1.54) is 23.4 Å². The average Bonchev–Trinajstić information content (AvgIpc) is 3.41. The van der Waals surface area contributed by atoms with Crippen LogP contribution in [0.2, 0.25) is 0 Å². The second kappa shape index (κ2) is 9.98. The maximum absolute atomic E-state index is 14.8. The molecule has 3 aromatic rings. The number of carbonyl (C=O) groups excluding carboxylic acids is 2. The number of nitrogens with one attached hydrogen (secondary N) is 1. The van der Waals surface area contributed by atoms with Crippen LogP contribution in [-0.4, -0.2) is 40.5 Å². The normalized spacial score (nSPS) is 20.6. The summed E-state index contributed by atoms with van der Waals surface area (Å²) in [5, 5.41) is 2.96. The molecule has 0 spiro atoms. The number of aryl methyl sites for hydroxylation is 1. The number of hydrogen-bond donors (Lipinski definition) is 1. The first-order valence-corrected chi connectivity index (χ1v) is 12.0. The molecule has 2 heterocycles. The van der Waals surface area contributed by atoms with Gasteiger partial charge < -0.3 is 14.6 Å². The lowest BCUT2D eigenvalue weighted by molar-refractivity contribution is -0.138.